The standard InChI is InChI=1S/C24H22N4O4/c1-15-7-4-5-10-21(15)24(30)25-20-9-6-8-18(13-20)17(3)26-27-23(29)19-12-11-16(2)22(14-19)28(31)32/h4-14H,1-3H3,(H,25,30)(H,27,29)/b26-17+. The molecule has 0 saturated heterocycles. The van der Waals surface area contributed by atoms with E-state index in [1.165, 1.54) is 18.2 Å². The number of hydrogen-bond acceptors (Lipinski definition) is 5. The third-order valence-corrected chi connectivity index (χ3v) is 4.92. The number of carbonyl (C=O) groups is 2. The Morgan fingerprint density at radius 2 is 1.62 bits per heavy atom. The molecule has 0 radical (unpaired) electrons. The highest BCUT2D eigenvalue weighted by atomic mass is 16.6. The minimum atomic E-state index is -0.559. The van der Waals surface area contributed by atoms with Gasteiger partial charge in [-0.1, -0.05) is 36.4 Å². The van der Waals surface area contributed by atoms with E-state index < -0.39 is 10.8 Å². The van der Waals surface area contributed by atoms with Crippen molar-refractivity contribution in [1.29, 1.82) is 0 Å². The average Bonchev–Trinajstić information content (AvgIpc) is 2.77. The van der Waals surface area contributed by atoms with Crippen molar-refractivity contribution in [2.24, 2.45) is 5.10 Å². The zero-order chi connectivity index (χ0) is 23.3. The van der Waals surface area contributed by atoms with Gasteiger partial charge in [-0.3, -0.25) is 19.7 Å². The molecule has 32 heavy (non-hydrogen) atoms. The fourth-order valence-electron chi connectivity index (χ4n) is 3.06. The summed E-state index contributed by atoms with van der Waals surface area (Å²) in [4.78, 5) is 35.5. The third-order valence-electron chi connectivity index (χ3n) is 4.92. The van der Waals surface area contributed by atoms with E-state index in [0.29, 0.717) is 28.1 Å². The lowest BCUT2D eigenvalue weighted by Gasteiger charge is -2.09. The molecule has 0 bridgehead atoms. The zero-order valence-corrected chi connectivity index (χ0v) is 17.9. The van der Waals surface area contributed by atoms with Crippen LogP contribution in [0.15, 0.2) is 71.8 Å². The molecule has 0 heterocycles. The molecular weight excluding hydrogens is 408 g/mol. The molecule has 0 saturated carbocycles. The summed E-state index contributed by atoms with van der Waals surface area (Å²) in [6.07, 6.45) is 0. The summed E-state index contributed by atoms with van der Waals surface area (Å²) < 4.78 is 0. The van der Waals surface area contributed by atoms with E-state index in [2.05, 4.69) is 15.8 Å². The number of nitro groups is 1. The zero-order valence-electron chi connectivity index (χ0n) is 17.9. The number of aryl methyl sites for hydroxylation is 2. The van der Waals surface area contributed by atoms with Gasteiger partial charge in [-0.15, -0.1) is 0 Å². The number of benzene rings is 3. The fourth-order valence-corrected chi connectivity index (χ4v) is 3.06. The van der Waals surface area contributed by atoms with Crippen molar-refractivity contribution in [3.63, 3.8) is 0 Å². The van der Waals surface area contributed by atoms with Gasteiger partial charge in [0.15, 0.2) is 0 Å². The van der Waals surface area contributed by atoms with Gasteiger partial charge in [0, 0.05) is 28.4 Å². The van der Waals surface area contributed by atoms with E-state index >= 15 is 0 Å². The SMILES string of the molecule is C/C(=N\NC(=O)c1ccc(C)c([N+](=O)[O-])c1)c1cccc(NC(=O)c2ccccc2C)c1. The summed E-state index contributed by atoms with van der Waals surface area (Å²) in [5.74, 6) is -0.777. The van der Waals surface area contributed by atoms with Crippen LogP contribution in [0.3, 0.4) is 0 Å². The highest BCUT2D eigenvalue weighted by Crippen LogP contribution is 2.19. The third kappa shape index (κ3) is 5.23. The molecule has 3 aromatic rings. The largest absolute Gasteiger partial charge is 0.322 e. The Bertz CT molecular complexity index is 1230. The molecule has 8 nitrogen and oxygen atoms in total. The molecule has 0 atom stereocenters. The molecule has 0 fully saturated rings. The molecule has 3 aromatic carbocycles. The van der Waals surface area contributed by atoms with Crippen LogP contribution in [-0.2, 0) is 0 Å². The Morgan fingerprint density at radius 1 is 0.875 bits per heavy atom. The second kappa shape index (κ2) is 9.65. The van der Waals surface area contributed by atoms with Gasteiger partial charge in [0.25, 0.3) is 17.5 Å². The van der Waals surface area contributed by atoms with Gasteiger partial charge in [-0.25, -0.2) is 5.43 Å². The van der Waals surface area contributed by atoms with Crippen molar-refractivity contribution < 1.29 is 14.5 Å². The number of anilines is 1. The van der Waals surface area contributed by atoms with E-state index in [9.17, 15) is 19.7 Å². The maximum Gasteiger partial charge on any atom is 0.273 e. The summed E-state index contributed by atoms with van der Waals surface area (Å²) in [5.41, 5.74) is 6.14. The van der Waals surface area contributed by atoms with Crippen molar-refractivity contribution in [2.75, 3.05) is 5.32 Å². The maximum absolute atomic E-state index is 12.5. The molecule has 2 amide bonds. The molecular formula is C24H22N4O4. The highest BCUT2D eigenvalue weighted by molar-refractivity contribution is 6.06. The number of nitrogens with one attached hydrogen (secondary N) is 2. The second-order valence-corrected chi connectivity index (χ2v) is 7.25. The number of hydrazone groups is 1. The van der Waals surface area contributed by atoms with E-state index in [4.69, 9.17) is 0 Å². The number of amides is 2. The predicted molar refractivity (Wildman–Crippen MR) is 123 cm³/mol. The summed E-state index contributed by atoms with van der Waals surface area (Å²) in [6.45, 7) is 5.18. The highest BCUT2D eigenvalue weighted by Gasteiger charge is 2.15. The lowest BCUT2D eigenvalue weighted by atomic mass is 10.1. The van der Waals surface area contributed by atoms with Crippen molar-refractivity contribution in [3.8, 4) is 0 Å². The van der Waals surface area contributed by atoms with Crippen LogP contribution >= 0.6 is 0 Å². The van der Waals surface area contributed by atoms with E-state index in [-0.39, 0.29) is 17.2 Å². The lowest BCUT2D eigenvalue weighted by Crippen LogP contribution is -2.19. The molecule has 162 valence electrons. The summed E-state index contributed by atoms with van der Waals surface area (Å²) >= 11 is 0. The van der Waals surface area contributed by atoms with E-state index in [1.54, 1.807) is 50.2 Å². The first-order valence-corrected chi connectivity index (χ1v) is 9.83. The molecule has 0 aromatic heterocycles. The van der Waals surface area contributed by atoms with Gasteiger partial charge in [0.2, 0.25) is 0 Å². The minimum Gasteiger partial charge on any atom is -0.322 e. The summed E-state index contributed by atoms with van der Waals surface area (Å²) in [7, 11) is 0. The van der Waals surface area contributed by atoms with Gasteiger partial charge in [0.1, 0.15) is 0 Å². The topological polar surface area (TPSA) is 114 Å². The number of nitrogens with zero attached hydrogens (tertiary/aromatic N) is 2. The molecule has 0 aliphatic heterocycles. The Hall–Kier alpha value is -4.33. The van der Waals surface area contributed by atoms with Crippen LogP contribution in [0.25, 0.3) is 0 Å². The second-order valence-electron chi connectivity index (χ2n) is 7.25. The first-order chi connectivity index (χ1) is 15.3. The molecule has 0 aliphatic rings. The van der Waals surface area contributed by atoms with Crippen LogP contribution < -0.4 is 10.7 Å². The predicted octanol–water partition coefficient (Wildman–Crippen LogP) is 4.62. The van der Waals surface area contributed by atoms with E-state index in [0.717, 1.165) is 5.56 Å². The van der Waals surface area contributed by atoms with Crippen molar-refractivity contribution >= 4 is 28.9 Å². The van der Waals surface area contributed by atoms with Crippen molar-refractivity contribution in [3.05, 3.63) is 105 Å². The molecule has 3 rings (SSSR count). The number of rotatable bonds is 6. The van der Waals surface area contributed by atoms with Crippen molar-refractivity contribution in [1.82, 2.24) is 5.43 Å². The van der Waals surface area contributed by atoms with Gasteiger partial charge < -0.3 is 5.32 Å². The van der Waals surface area contributed by atoms with Crippen molar-refractivity contribution in [2.45, 2.75) is 20.8 Å². The number of carbonyl (C=O) groups excluding carboxylic acids is 2. The Labute approximate surface area is 185 Å². The first-order valence-electron chi connectivity index (χ1n) is 9.83. The van der Waals surface area contributed by atoms with Crippen LogP contribution in [0.2, 0.25) is 0 Å². The molecule has 8 heteroatoms. The summed E-state index contributed by atoms with van der Waals surface area (Å²) in [5, 5.41) is 18.0. The number of nitro benzene ring substituents is 1. The molecule has 0 aliphatic carbocycles. The van der Waals surface area contributed by atoms with Gasteiger partial charge in [-0.2, -0.15) is 5.10 Å². The fraction of sp³-hybridized carbons (Fsp3) is 0.125. The van der Waals surface area contributed by atoms with Gasteiger partial charge in [-0.05, 0) is 56.2 Å². The van der Waals surface area contributed by atoms with Gasteiger partial charge in [0.05, 0.1) is 10.6 Å². The van der Waals surface area contributed by atoms with Crippen LogP contribution in [0.5, 0.6) is 0 Å². The molecule has 0 unspecified atom stereocenters. The van der Waals surface area contributed by atoms with Crippen LogP contribution in [0.1, 0.15) is 44.3 Å². The average molecular weight is 430 g/mol. The quantitative estimate of drug-likeness (QED) is 0.337. The van der Waals surface area contributed by atoms with Crippen LogP contribution in [0, 0.1) is 24.0 Å². The summed E-state index contributed by atoms with van der Waals surface area (Å²) in [6, 6.07) is 18.6. The normalized spacial score (nSPS) is 11.0. The van der Waals surface area contributed by atoms with E-state index in [1.807, 2.05) is 19.1 Å². The van der Waals surface area contributed by atoms with Gasteiger partial charge >= 0.3 is 0 Å². The Morgan fingerprint density at radius 3 is 2.34 bits per heavy atom. The van der Waals surface area contributed by atoms with Crippen LogP contribution in [-0.4, -0.2) is 22.4 Å². The minimum absolute atomic E-state index is 0.129. The van der Waals surface area contributed by atoms with Crippen LogP contribution in [0.4, 0.5) is 11.4 Å². The molecule has 2 N–H and O–H groups in total. The lowest BCUT2D eigenvalue weighted by molar-refractivity contribution is -0.385. The molecule has 0 spiro atoms. The Kier molecular flexibility index (Phi) is 6.74. The Balaban J connectivity index is 1.73. The first kappa shape index (κ1) is 22.4. The maximum atomic E-state index is 12.5. The monoisotopic (exact) mass is 430 g/mol. The smallest absolute Gasteiger partial charge is 0.273 e. The number of hydrogen-bond donors (Lipinski definition) is 2.